The zero-order valence-electron chi connectivity index (χ0n) is 23.2. The number of aromatic nitrogens is 2. The number of amides is 1. The first kappa shape index (κ1) is 32.6. The van der Waals surface area contributed by atoms with E-state index in [1.807, 2.05) is 27.6 Å². The quantitative estimate of drug-likeness (QED) is 0.414. The van der Waals surface area contributed by atoms with E-state index in [-0.39, 0.29) is 18.9 Å². The number of aryl methyl sites for hydroxylation is 1. The monoisotopic (exact) mass is 529 g/mol. The van der Waals surface area contributed by atoms with Gasteiger partial charge in [0.2, 0.25) is 0 Å². The second kappa shape index (κ2) is 17.9. The lowest BCUT2D eigenvalue weighted by atomic mass is 10.1. The number of carbonyl (C=O) groups is 3. The van der Waals surface area contributed by atoms with Crippen molar-refractivity contribution in [3.63, 3.8) is 0 Å². The SMILES string of the molecule is CC(C)CCN(CCC(C)C)C(=O)c1ccc2nc(C#N)c(CCCN3CCCC3)n2c1.O=CO.O=CO. The minimum Gasteiger partial charge on any atom is -0.483 e. The second-order valence-electron chi connectivity index (χ2n) is 10.2. The van der Waals surface area contributed by atoms with Crippen LogP contribution in [0.5, 0.6) is 0 Å². The molecule has 1 aliphatic rings. The Bertz CT molecular complexity index is 1020. The Morgan fingerprint density at radius 2 is 1.63 bits per heavy atom. The first-order valence-corrected chi connectivity index (χ1v) is 13.3. The van der Waals surface area contributed by atoms with Crippen LogP contribution < -0.4 is 0 Å². The van der Waals surface area contributed by atoms with Crippen molar-refractivity contribution in [2.45, 2.75) is 66.2 Å². The molecule has 0 saturated carbocycles. The van der Waals surface area contributed by atoms with Gasteiger partial charge in [-0.1, -0.05) is 27.7 Å². The first-order valence-electron chi connectivity index (χ1n) is 13.3. The Morgan fingerprint density at radius 1 is 1.08 bits per heavy atom. The number of hydrogen-bond acceptors (Lipinski definition) is 6. The van der Waals surface area contributed by atoms with Crippen molar-refractivity contribution in [3.05, 3.63) is 35.3 Å². The lowest BCUT2D eigenvalue weighted by molar-refractivity contribution is -0.123. The maximum Gasteiger partial charge on any atom is 0.290 e. The molecule has 10 heteroatoms. The van der Waals surface area contributed by atoms with Gasteiger partial charge in [0.1, 0.15) is 11.7 Å². The fourth-order valence-electron chi connectivity index (χ4n) is 4.35. The van der Waals surface area contributed by atoms with Crippen LogP contribution in [-0.4, -0.2) is 81.0 Å². The Kier molecular flexibility index (Phi) is 15.4. The van der Waals surface area contributed by atoms with Gasteiger partial charge in [0.25, 0.3) is 18.9 Å². The Hall–Kier alpha value is -3.45. The summed E-state index contributed by atoms with van der Waals surface area (Å²) in [7, 11) is 0. The van der Waals surface area contributed by atoms with E-state index in [1.165, 1.54) is 25.9 Å². The van der Waals surface area contributed by atoms with Crippen LogP contribution in [0.15, 0.2) is 18.3 Å². The van der Waals surface area contributed by atoms with Crippen LogP contribution in [0.25, 0.3) is 5.65 Å². The lowest BCUT2D eigenvalue weighted by Crippen LogP contribution is -2.34. The van der Waals surface area contributed by atoms with Gasteiger partial charge in [-0.25, -0.2) is 4.98 Å². The molecular weight excluding hydrogens is 486 g/mol. The maximum atomic E-state index is 13.4. The van der Waals surface area contributed by atoms with E-state index in [4.69, 9.17) is 19.8 Å². The van der Waals surface area contributed by atoms with Crippen molar-refractivity contribution in [2.24, 2.45) is 11.8 Å². The molecule has 0 atom stereocenters. The van der Waals surface area contributed by atoms with Gasteiger partial charge in [-0.15, -0.1) is 0 Å². The molecule has 0 aromatic carbocycles. The molecule has 1 saturated heterocycles. The molecule has 210 valence electrons. The van der Waals surface area contributed by atoms with Crippen molar-refractivity contribution in [3.8, 4) is 6.07 Å². The molecule has 2 aromatic rings. The maximum absolute atomic E-state index is 13.4. The average molecular weight is 530 g/mol. The second-order valence-corrected chi connectivity index (χ2v) is 10.2. The van der Waals surface area contributed by atoms with E-state index in [0.29, 0.717) is 23.1 Å². The van der Waals surface area contributed by atoms with Crippen LogP contribution in [0.2, 0.25) is 0 Å². The minimum atomic E-state index is -0.250. The zero-order valence-corrected chi connectivity index (χ0v) is 23.2. The molecule has 0 aliphatic carbocycles. The highest BCUT2D eigenvalue weighted by Crippen LogP contribution is 2.18. The summed E-state index contributed by atoms with van der Waals surface area (Å²) in [5.41, 5.74) is 2.82. The highest BCUT2D eigenvalue weighted by Gasteiger charge is 2.20. The molecule has 0 radical (unpaired) electrons. The number of nitriles is 1. The van der Waals surface area contributed by atoms with Crippen molar-refractivity contribution >= 4 is 24.5 Å². The highest BCUT2D eigenvalue weighted by atomic mass is 16.3. The van der Waals surface area contributed by atoms with Gasteiger partial charge in [-0.05, 0) is 82.1 Å². The van der Waals surface area contributed by atoms with Crippen molar-refractivity contribution in [1.82, 2.24) is 19.2 Å². The number of carboxylic acid groups (broad SMARTS) is 2. The van der Waals surface area contributed by atoms with E-state index < -0.39 is 0 Å². The number of nitrogens with zero attached hydrogens (tertiary/aromatic N) is 5. The van der Waals surface area contributed by atoms with E-state index in [9.17, 15) is 10.1 Å². The summed E-state index contributed by atoms with van der Waals surface area (Å²) < 4.78 is 1.97. The summed E-state index contributed by atoms with van der Waals surface area (Å²) in [6.45, 7) is 13.2. The summed E-state index contributed by atoms with van der Waals surface area (Å²) in [6, 6.07) is 5.99. The number of hydrogen-bond donors (Lipinski definition) is 2. The molecule has 3 rings (SSSR count). The van der Waals surface area contributed by atoms with Crippen molar-refractivity contribution < 1.29 is 24.6 Å². The number of fused-ring (bicyclic) bond motifs is 1. The molecule has 2 aromatic heterocycles. The third-order valence-corrected chi connectivity index (χ3v) is 6.40. The van der Waals surface area contributed by atoms with Crippen LogP contribution in [0.3, 0.4) is 0 Å². The molecule has 1 aliphatic heterocycles. The molecule has 2 N–H and O–H groups in total. The normalized spacial score (nSPS) is 12.9. The molecule has 1 amide bonds. The van der Waals surface area contributed by atoms with Crippen LogP contribution in [-0.2, 0) is 16.0 Å². The van der Waals surface area contributed by atoms with E-state index in [0.717, 1.165) is 56.7 Å². The van der Waals surface area contributed by atoms with Gasteiger partial charge in [0.05, 0.1) is 11.3 Å². The Morgan fingerprint density at radius 3 is 2.13 bits per heavy atom. The molecule has 1 fully saturated rings. The summed E-state index contributed by atoms with van der Waals surface area (Å²) in [4.78, 5) is 39.1. The zero-order chi connectivity index (χ0) is 28.5. The van der Waals surface area contributed by atoms with Crippen LogP contribution >= 0.6 is 0 Å². The highest BCUT2D eigenvalue weighted by molar-refractivity contribution is 5.94. The number of rotatable bonds is 11. The fraction of sp³-hybridized carbons (Fsp3) is 0.607. The lowest BCUT2D eigenvalue weighted by Gasteiger charge is -2.24. The summed E-state index contributed by atoms with van der Waals surface area (Å²) in [5.74, 6) is 1.19. The summed E-state index contributed by atoms with van der Waals surface area (Å²) in [5, 5.41) is 23.4. The van der Waals surface area contributed by atoms with Gasteiger partial charge >= 0.3 is 0 Å². The molecule has 0 unspecified atom stereocenters. The number of likely N-dealkylation sites (tertiary alicyclic amines) is 1. The van der Waals surface area contributed by atoms with Crippen molar-refractivity contribution in [2.75, 3.05) is 32.7 Å². The van der Waals surface area contributed by atoms with E-state index in [1.54, 1.807) is 0 Å². The smallest absolute Gasteiger partial charge is 0.290 e. The minimum absolute atomic E-state index is 0.0726. The number of pyridine rings is 1. The number of imidazole rings is 1. The average Bonchev–Trinajstić information content (AvgIpc) is 3.52. The van der Waals surface area contributed by atoms with Crippen LogP contribution in [0.4, 0.5) is 0 Å². The molecule has 38 heavy (non-hydrogen) atoms. The molecule has 0 bridgehead atoms. The van der Waals surface area contributed by atoms with E-state index in [2.05, 4.69) is 43.6 Å². The van der Waals surface area contributed by atoms with Crippen LogP contribution in [0.1, 0.15) is 81.5 Å². The van der Waals surface area contributed by atoms with Gasteiger partial charge in [-0.2, -0.15) is 5.26 Å². The summed E-state index contributed by atoms with van der Waals surface area (Å²) >= 11 is 0. The molecular formula is C28H43N5O5. The van der Waals surface area contributed by atoms with Gasteiger partial charge in [-0.3, -0.25) is 14.4 Å². The standard InChI is InChI=1S/C26H39N5O.2CH2O2/c1-20(2)11-16-30(17-12-21(3)4)26(32)22-9-10-25-28-23(18-27)24(31(25)19-22)8-7-15-29-13-5-6-14-29;2*2-1-3/h9-10,19-21H,5-8,11-17H2,1-4H3;2*1H,(H,2,3). The molecule has 0 spiro atoms. The van der Waals surface area contributed by atoms with Gasteiger partial charge < -0.3 is 24.4 Å². The summed E-state index contributed by atoms with van der Waals surface area (Å²) in [6.07, 6.45) is 8.25. The van der Waals surface area contributed by atoms with Crippen LogP contribution in [0, 0.1) is 23.2 Å². The number of carbonyl (C=O) groups excluding carboxylic acids is 1. The van der Waals surface area contributed by atoms with E-state index >= 15 is 0 Å². The van der Waals surface area contributed by atoms with Gasteiger partial charge in [0, 0.05) is 19.3 Å². The third-order valence-electron chi connectivity index (χ3n) is 6.40. The first-order chi connectivity index (χ1) is 18.2. The predicted molar refractivity (Wildman–Crippen MR) is 146 cm³/mol. The molecule has 10 nitrogen and oxygen atoms in total. The molecule has 3 heterocycles. The Labute approximate surface area is 225 Å². The largest absolute Gasteiger partial charge is 0.483 e. The predicted octanol–water partition coefficient (Wildman–Crippen LogP) is 4.17. The topological polar surface area (TPSA) is 139 Å². The fourth-order valence-corrected chi connectivity index (χ4v) is 4.35. The van der Waals surface area contributed by atoms with Gasteiger partial charge in [0.15, 0.2) is 5.69 Å². The third kappa shape index (κ3) is 10.9. The Balaban J connectivity index is 0.00000110. The van der Waals surface area contributed by atoms with Crippen molar-refractivity contribution in [1.29, 1.82) is 5.26 Å².